The number of aliphatic hydroxyl groups is 1. The Balaban J connectivity index is 1.90. The molecule has 0 aliphatic carbocycles. The summed E-state index contributed by atoms with van der Waals surface area (Å²) in [5.74, 6) is 0.982. The summed E-state index contributed by atoms with van der Waals surface area (Å²) in [7, 11) is 3.01. The number of benzene rings is 1. The number of nitrogens with one attached hydrogen (secondary N) is 2. The van der Waals surface area contributed by atoms with Crippen LogP contribution in [0.4, 0.5) is 11.6 Å². The molecule has 9 nitrogen and oxygen atoms in total. The summed E-state index contributed by atoms with van der Waals surface area (Å²) in [5.41, 5.74) is 0.738. The number of amides is 1. The first kappa shape index (κ1) is 23.4. The number of hydrogen-bond donors (Lipinski definition) is 3. The molecule has 1 aromatic carbocycles. The lowest BCUT2D eigenvalue weighted by Crippen LogP contribution is -2.38. The summed E-state index contributed by atoms with van der Waals surface area (Å²) in [6.45, 7) is 5.76. The third-order valence-electron chi connectivity index (χ3n) is 4.22. The molecule has 166 valence electrons. The minimum Gasteiger partial charge on any atom is -0.495 e. The van der Waals surface area contributed by atoms with Crippen LogP contribution in [0.1, 0.15) is 31.1 Å². The van der Waals surface area contributed by atoms with Gasteiger partial charge in [0.25, 0.3) is 5.91 Å². The van der Waals surface area contributed by atoms with Gasteiger partial charge in [0.15, 0.2) is 5.65 Å². The van der Waals surface area contributed by atoms with E-state index in [2.05, 4.69) is 41.8 Å². The molecule has 31 heavy (non-hydrogen) atoms. The molecule has 1 amide bonds. The fourth-order valence-electron chi connectivity index (χ4n) is 2.78. The largest absolute Gasteiger partial charge is 0.495 e. The number of methoxy groups -OCH3 is 1. The predicted molar refractivity (Wildman–Crippen MR) is 131 cm³/mol. The monoisotopic (exact) mass is 557 g/mol. The molecule has 0 atom stereocenters. The van der Waals surface area contributed by atoms with E-state index in [9.17, 15) is 9.90 Å². The molecule has 0 aliphatic heterocycles. The Morgan fingerprint density at radius 2 is 2.10 bits per heavy atom. The molecular formula is C20H24IN5O4S. The van der Waals surface area contributed by atoms with Gasteiger partial charge in [-0.15, -0.1) is 0 Å². The average molecular weight is 557 g/mol. The van der Waals surface area contributed by atoms with Crippen molar-refractivity contribution in [3.8, 4) is 11.6 Å². The molecule has 3 aromatic rings. The van der Waals surface area contributed by atoms with Gasteiger partial charge in [-0.05, 0) is 45.0 Å². The molecule has 0 aliphatic rings. The maximum atomic E-state index is 12.4. The third kappa shape index (κ3) is 5.71. The van der Waals surface area contributed by atoms with Gasteiger partial charge in [-0.25, -0.2) is 0 Å². The predicted octanol–water partition coefficient (Wildman–Crippen LogP) is 3.93. The zero-order valence-electron chi connectivity index (χ0n) is 17.6. The fraction of sp³-hybridized carbons (Fsp3) is 0.350. The van der Waals surface area contributed by atoms with E-state index in [1.807, 2.05) is 23.2 Å². The average Bonchev–Trinajstić information content (AvgIpc) is 3.15. The third-order valence-corrected chi connectivity index (χ3v) is 5.94. The van der Waals surface area contributed by atoms with Crippen molar-refractivity contribution in [3.05, 3.63) is 36.0 Å². The van der Waals surface area contributed by atoms with Crippen molar-refractivity contribution in [2.24, 2.45) is 0 Å². The topological polar surface area (TPSA) is 111 Å². The van der Waals surface area contributed by atoms with Crippen LogP contribution in [-0.2, 0) is 0 Å². The van der Waals surface area contributed by atoms with Crippen LogP contribution in [0.15, 0.2) is 30.5 Å². The summed E-state index contributed by atoms with van der Waals surface area (Å²) >= 11 is 2.18. The molecule has 0 radical (unpaired) electrons. The lowest BCUT2D eigenvalue weighted by Gasteiger charge is -2.18. The first-order valence-electron chi connectivity index (χ1n) is 9.52. The maximum absolute atomic E-state index is 12.4. The van der Waals surface area contributed by atoms with Crippen molar-refractivity contribution in [2.75, 3.05) is 25.6 Å². The summed E-state index contributed by atoms with van der Waals surface area (Å²) in [5, 5.41) is 16.5. The van der Waals surface area contributed by atoms with E-state index in [0.717, 1.165) is 11.0 Å². The number of hydrogen-bond acceptors (Lipinski definition) is 8. The number of nitrogens with zero attached hydrogens (tertiary/aromatic N) is 3. The number of carbonyl (C=O) groups is 1. The van der Waals surface area contributed by atoms with E-state index in [4.69, 9.17) is 9.47 Å². The molecule has 0 unspecified atom stereocenters. The molecule has 3 rings (SSSR count). The standard InChI is InChI=1S/C20H24IN5O4S/c1-5-30-18-13-8-9-26(31-21)16(13)24-19(25-18)23-14-7-6-12(10-15(14)29-4)17(27)22-11-20(2,3)28/h6-10,28H,5,11H2,1-4H3,(H,22,27)(H,23,24,25). The van der Waals surface area contributed by atoms with Gasteiger partial charge < -0.3 is 25.2 Å². The van der Waals surface area contributed by atoms with Gasteiger partial charge in [0.2, 0.25) is 11.8 Å². The van der Waals surface area contributed by atoms with Crippen LogP contribution >= 0.6 is 30.3 Å². The van der Waals surface area contributed by atoms with Crippen LogP contribution in [0.25, 0.3) is 11.0 Å². The lowest BCUT2D eigenvalue weighted by atomic mass is 10.1. The van der Waals surface area contributed by atoms with Crippen LogP contribution in [0.3, 0.4) is 0 Å². The van der Waals surface area contributed by atoms with Crippen molar-refractivity contribution in [3.63, 3.8) is 0 Å². The summed E-state index contributed by atoms with van der Waals surface area (Å²) in [6.07, 6.45) is 1.91. The Kier molecular flexibility index (Phi) is 7.49. The lowest BCUT2D eigenvalue weighted by molar-refractivity contribution is 0.0694. The highest BCUT2D eigenvalue weighted by atomic mass is 127. The van der Waals surface area contributed by atoms with Gasteiger partial charge in [0.05, 0.1) is 30.4 Å². The highest BCUT2D eigenvalue weighted by Crippen LogP contribution is 2.32. The van der Waals surface area contributed by atoms with E-state index in [-0.39, 0.29) is 12.5 Å². The summed E-state index contributed by atoms with van der Waals surface area (Å²) < 4.78 is 13.1. The molecule has 11 heteroatoms. The van der Waals surface area contributed by atoms with Crippen molar-refractivity contribution in [1.82, 2.24) is 19.3 Å². The molecule has 2 heterocycles. The van der Waals surface area contributed by atoms with Crippen LogP contribution in [0.2, 0.25) is 0 Å². The van der Waals surface area contributed by atoms with Gasteiger partial charge in [-0.1, -0.05) is 0 Å². The summed E-state index contributed by atoms with van der Waals surface area (Å²) in [6, 6.07) is 6.92. The maximum Gasteiger partial charge on any atom is 0.251 e. The molecule has 0 spiro atoms. The Labute approximate surface area is 196 Å². The van der Waals surface area contributed by atoms with Crippen molar-refractivity contribution < 1.29 is 19.4 Å². The first-order valence-corrected chi connectivity index (χ1v) is 12.8. The number of carbonyl (C=O) groups excluding carboxylic acids is 1. The fourth-order valence-corrected chi connectivity index (χ4v) is 4.04. The minimum absolute atomic E-state index is 0.136. The minimum atomic E-state index is -0.997. The van der Waals surface area contributed by atoms with E-state index in [1.165, 1.54) is 16.2 Å². The second-order valence-electron chi connectivity index (χ2n) is 7.27. The number of aromatic nitrogens is 3. The zero-order valence-corrected chi connectivity index (χ0v) is 20.6. The molecule has 0 fully saturated rings. The van der Waals surface area contributed by atoms with Crippen molar-refractivity contribution in [2.45, 2.75) is 26.4 Å². The first-order chi connectivity index (χ1) is 14.8. The van der Waals surface area contributed by atoms with Crippen molar-refractivity contribution >= 4 is 58.9 Å². The van der Waals surface area contributed by atoms with E-state index < -0.39 is 5.60 Å². The van der Waals surface area contributed by atoms with E-state index in [1.54, 1.807) is 32.0 Å². The van der Waals surface area contributed by atoms with Crippen LogP contribution < -0.4 is 20.1 Å². The molecule has 0 bridgehead atoms. The van der Waals surface area contributed by atoms with E-state index in [0.29, 0.717) is 35.4 Å². The SMILES string of the molecule is CCOc1nc(Nc2ccc(C(=O)NCC(C)(C)O)cc2OC)nc2c1ccn2SI. The Bertz CT molecular complexity index is 1080. The second-order valence-corrected chi connectivity index (χ2v) is 8.98. The highest BCUT2D eigenvalue weighted by molar-refractivity contribution is 14.2. The number of anilines is 2. The van der Waals surface area contributed by atoms with Crippen LogP contribution in [0, 0.1) is 0 Å². The summed E-state index contributed by atoms with van der Waals surface area (Å²) in [4.78, 5) is 21.5. The van der Waals surface area contributed by atoms with Crippen LogP contribution in [-0.4, -0.2) is 50.8 Å². The quantitative estimate of drug-likeness (QED) is 0.340. The van der Waals surface area contributed by atoms with Crippen molar-refractivity contribution in [1.29, 1.82) is 0 Å². The smallest absolute Gasteiger partial charge is 0.251 e. The van der Waals surface area contributed by atoms with Gasteiger partial charge in [-0.3, -0.25) is 8.77 Å². The molecule has 0 saturated carbocycles. The Morgan fingerprint density at radius 1 is 1.32 bits per heavy atom. The number of rotatable bonds is 9. The second kappa shape index (κ2) is 9.92. The van der Waals surface area contributed by atoms with Crippen LogP contribution in [0.5, 0.6) is 11.6 Å². The molecule has 2 aromatic heterocycles. The molecule has 3 N–H and O–H groups in total. The normalized spacial score (nSPS) is 11.4. The number of fused-ring (bicyclic) bond motifs is 1. The van der Waals surface area contributed by atoms with Gasteiger partial charge in [0, 0.05) is 48.6 Å². The highest BCUT2D eigenvalue weighted by Gasteiger charge is 2.17. The molecule has 0 saturated heterocycles. The molecular weight excluding hydrogens is 533 g/mol. The number of halogens is 1. The Morgan fingerprint density at radius 3 is 2.74 bits per heavy atom. The van der Waals surface area contributed by atoms with Gasteiger partial charge in [0.1, 0.15) is 5.75 Å². The Hall–Kier alpha value is -2.25. The number of ether oxygens (including phenoxy) is 2. The van der Waals surface area contributed by atoms with E-state index >= 15 is 0 Å². The van der Waals surface area contributed by atoms with Gasteiger partial charge >= 0.3 is 0 Å². The van der Waals surface area contributed by atoms with Gasteiger partial charge in [-0.2, -0.15) is 9.97 Å². The zero-order chi connectivity index (χ0) is 22.6.